The van der Waals surface area contributed by atoms with Crippen LogP contribution in [0.2, 0.25) is 0 Å². The summed E-state index contributed by atoms with van der Waals surface area (Å²) < 4.78 is 29.7. The minimum atomic E-state index is -1.61. The molecule has 5 N–H and O–H groups in total. The molecule has 7 fully saturated rings. The molecule has 1 aromatic rings. The maximum atomic E-state index is 12.7. The summed E-state index contributed by atoms with van der Waals surface area (Å²) in [6.45, 7) is 0.985. The first-order chi connectivity index (χ1) is 16.1. The summed E-state index contributed by atoms with van der Waals surface area (Å²) in [5.74, 6) is -2.49. The Hall–Kier alpha value is -1.67. The van der Waals surface area contributed by atoms with Crippen LogP contribution in [0.5, 0.6) is 0 Å². The largest absolute Gasteiger partial charge is 0.461 e. The Labute approximate surface area is 194 Å². The van der Waals surface area contributed by atoms with E-state index in [9.17, 15) is 30.3 Å². The second-order valence-corrected chi connectivity index (χ2v) is 10.2. The number of rotatable bonds is 6. The van der Waals surface area contributed by atoms with E-state index in [4.69, 9.17) is 23.7 Å². The highest BCUT2D eigenvalue weighted by Crippen LogP contribution is 2.81. The number of carbonyl (C=O) groups is 1. The summed E-state index contributed by atoms with van der Waals surface area (Å²) in [5.41, 5.74) is -2.99. The molecule has 6 bridgehead atoms. The fraction of sp³-hybridized carbons (Fsp3) is 0.696. The molecule has 7 unspecified atom stereocenters. The lowest BCUT2D eigenvalue weighted by atomic mass is 9.41. The Morgan fingerprint density at radius 3 is 2.56 bits per heavy atom. The lowest BCUT2D eigenvalue weighted by Crippen LogP contribution is -2.80. The first-order valence-corrected chi connectivity index (χ1v) is 11.4. The van der Waals surface area contributed by atoms with Gasteiger partial charge in [0.2, 0.25) is 0 Å². The zero-order valence-electron chi connectivity index (χ0n) is 18.4. The van der Waals surface area contributed by atoms with E-state index >= 15 is 0 Å². The Balaban J connectivity index is 1.32. The highest BCUT2D eigenvalue weighted by atomic mass is 16.8. The molecule has 3 saturated carbocycles. The second-order valence-electron chi connectivity index (χ2n) is 10.2. The molecule has 4 saturated heterocycles. The number of ether oxygens (including phenoxy) is 5. The third kappa shape index (κ3) is 2.59. The monoisotopic (exact) mass is 480 g/mol. The van der Waals surface area contributed by atoms with Gasteiger partial charge in [0.15, 0.2) is 18.4 Å². The summed E-state index contributed by atoms with van der Waals surface area (Å²) >= 11 is 0. The van der Waals surface area contributed by atoms with Crippen molar-refractivity contribution in [1.82, 2.24) is 0 Å². The molecule has 1 aromatic carbocycles. The lowest BCUT2D eigenvalue weighted by molar-refractivity contribution is -0.424. The first kappa shape index (κ1) is 22.8. The predicted molar refractivity (Wildman–Crippen MR) is 109 cm³/mol. The molecular weight excluding hydrogens is 452 g/mol. The highest BCUT2D eigenvalue weighted by Gasteiger charge is 2.94. The van der Waals surface area contributed by atoms with Crippen LogP contribution in [0.1, 0.15) is 30.1 Å². The van der Waals surface area contributed by atoms with E-state index in [-0.39, 0.29) is 19.4 Å². The van der Waals surface area contributed by atoms with Gasteiger partial charge in [0.05, 0.1) is 17.6 Å². The normalized spacial score (nSPS) is 52.5. The minimum absolute atomic E-state index is 0.0902. The molecule has 11 heteroatoms. The molecule has 3 aliphatic carbocycles. The summed E-state index contributed by atoms with van der Waals surface area (Å²) in [5, 5.41) is 51.7. The van der Waals surface area contributed by atoms with E-state index in [1.165, 1.54) is 0 Å². The highest BCUT2D eigenvalue weighted by molar-refractivity contribution is 5.89. The number of aliphatic hydroxyl groups is 5. The zero-order chi connectivity index (χ0) is 24.1. The van der Waals surface area contributed by atoms with E-state index in [0.29, 0.717) is 5.56 Å². The topological polar surface area (TPSA) is 164 Å². The van der Waals surface area contributed by atoms with E-state index in [1.54, 1.807) is 37.3 Å². The number of aliphatic hydroxyl groups excluding tert-OH is 4. The van der Waals surface area contributed by atoms with Crippen LogP contribution in [-0.4, -0.2) is 98.7 Å². The van der Waals surface area contributed by atoms with Crippen LogP contribution in [0.4, 0.5) is 0 Å². The Morgan fingerprint density at radius 1 is 1.12 bits per heavy atom. The van der Waals surface area contributed by atoms with Crippen molar-refractivity contribution < 1.29 is 54.0 Å². The Kier molecular flexibility index (Phi) is 4.81. The SMILES string of the molecule is CC12C[C@@]3(O)O[C@H](O1)C1(COC(=O)c4ccccc4)[C@@H]3C[C@@]21OC1OC(CO)C(O)C(O)C1O. The van der Waals surface area contributed by atoms with Crippen LogP contribution >= 0.6 is 0 Å². The minimum Gasteiger partial charge on any atom is -0.461 e. The standard InChI is InChI=1S/C23H28O11/c1-20-9-22(29)13-7-23(20,32-18-16(27)15(26)14(25)12(8-24)31-18)21(13,19(33-20)34-22)10-30-17(28)11-5-3-2-4-6-11/h2-6,12-16,18-19,24-27,29H,7-10H2,1H3/t12?,13-,14?,15?,16?,18?,19-,20?,21?,22+,23+/m0/s1. The van der Waals surface area contributed by atoms with Gasteiger partial charge < -0.3 is 49.2 Å². The van der Waals surface area contributed by atoms with Crippen LogP contribution < -0.4 is 0 Å². The maximum absolute atomic E-state index is 12.7. The van der Waals surface area contributed by atoms with Gasteiger partial charge in [-0.3, -0.25) is 0 Å². The van der Waals surface area contributed by atoms with Crippen LogP contribution in [0.25, 0.3) is 0 Å². The van der Waals surface area contributed by atoms with Crippen molar-refractivity contribution in [3.8, 4) is 0 Å². The number of benzene rings is 1. The summed E-state index contributed by atoms with van der Waals surface area (Å²) in [6.07, 6.45) is -7.87. The molecule has 4 aliphatic heterocycles. The van der Waals surface area contributed by atoms with Crippen molar-refractivity contribution in [2.45, 2.75) is 73.8 Å². The molecule has 11 nitrogen and oxygen atoms in total. The van der Waals surface area contributed by atoms with Gasteiger partial charge in [0.1, 0.15) is 42.2 Å². The van der Waals surface area contributed by atoms with Crippen LogP contribution in [0.15, 0.2) is 30.3 Å². The molecule has 7 aliphatic rings. The fourth-order valence-electron chi connectivity index (χ4n) is 6.87. The van der Waals surface area contributed by atoms with Crippen LogP contribution in [0, 0.1) is 11.3 Å². The number of hydrogen-bond donors (Lipinski definition) is 5. The van der Waals surface area contributed by atoms with Crippen molar-refractivity contribution >= 4 is 5.97 Å². The molecule has 8 rings (SSSR count). The molecule has 0 radical (unpaired) electrons. The number of hydrogen-bond acceptors (Lipinski definition) is 11. The van der Waals surface area contributed by atoms with Gasteiger partial charge in [0.25, 0.3) is 0 Å². The first-order valence-electron chi connectivity index (χ1n) is 11.4. The summed E-state index contributed by atoms with van der Waals surface area (Å²) in [4.78, 5) is 12.7. The van der Waals surface area contributed by atoms with Gasteiger partial charge in [0, 0.05) is 12.3 Å². The van der Waals surface area contributed by atoms with Gasteiger partial charge >= 0.3 is 5.97 Å². The third-order valence-electron chi connectivity index (χ3n) is 8.57. The van der Waals surface area contributed by atoms with Crippen molar-refractivity contribution in [2.24, 2.45) is 11.3 Å². The van der Waals surface area contributed by atoms with Gasteiger partial charge in [-0.1, -0.05) is 18.2 Å². The molecule has 0 spiro atoms. The van der Waals surface area contributed by atoms with Crippen molar-refractivity contribution in [3.63, 3.8) is 0 Å². The maximum Gasteiger partial charge on any atom is 0.338 e. The van der Waals surface area contributed by atoms with Crippen molar-refractivity contribution in [2.75, 3.05) is 13.2 Å². The smallest absolute Gasteiger partial charge is 0.338 e. The molecule has 11 atom stereocenters. The van der Waals surface area contributed by atoms with Gasteiger partial charge in [-0.05, 0) is 25.5 Å². The second kappa shape index (κ2) is 7.19. The van der Waals surface area contributed by atoms with Gasteiger partial charge in [-0.25, -0.2) is 4.79 Å². The molecule has 0 amide bonds. The van der Waals surface area contributed by atoms with E-state index < -0.39 is 77.9 Å². The molecule has 4 heterocycles. The summed E-state index contributed by atoms with van der Waals surface area (Å²) in [6, 6.07) is 8.47. The van der Waals surface area contributed by atoms with Crippen molar-refractivity contribution in [3.05, 3.63) is 35.9 Å². The predicted octanol–water partition coefficient (Wildman–Crippen LogP) is -1.36. The van der Waals surface area contributed by atoms with Gasteiger partial charge in [-0.2, -0.15) is 0 Å². The molecular formula is C23H28O11. The molecule has 0 aromatic heterocycles. The van der Waals surface area contributed by atoms with E-state index in [0.717, 1.165) is 0 Å². The van der Waals surface area contributed by atoms with Crippen LogP contribution in [0.3, 0.4) is 0 Å². The van der Waals surface area contributed by atoms with Crippen molar-refractivity contribution in [1.29, 1.82) is 0 Å². The van der Waals surface area contributed by atoms with E-state index in [2.05, 4.69) is 0 Å². The number of carbonyl (C=O) groups excluding carboxylic acids is 1. The Morgan fingerprint density at radius 2 is 1.85 bits per heavy atom. The zero-order valence-corrected chi connectivity index (χ0v) is 18.4. The van der Waals surface area contributed by atoms with E-state index in [1.807, 2.05) is 0 Å². The number of esters is 1. The Bertz CT molecular complexity index is 988. The molecule has 34 heavy (non-hydrogen) atoms. The fourth-order valence-corrected chi connectivity index (χ4v) is 6.87. The van der Waals surface area contributed by atoms with Gasteiger partial charge in [-0.15, -0.1) is 0 Å². The quantitative estimate of drug-likeness (QED) is 0.306. The third-order valence-corrected chi connectivity index (χ3v) is 8.57. The lowest BCUT2D eigenvalue weighted by Gasteiger charge is -2.67. The average Bonchev–Trinajstić information content (AvgIpc) is 3.00. The molecule has 186 valence electrons. The summed E-state index contributed by atoms with van der Waals surface area (Å²) in [7, 11) is 0. The van der Waals surface area contributed by atoms with Crippen LogP contribution in [-0.2, 0) is 23.7 Å². The average molecular weight is 480 g/mol.